The Morgan fingerprint density at radius 1 is 1.30 bits per heavy atom. The summed E-state index contributed by atoms with van der Waals surface area (Å²) in [6.45, 7) is 0.446. The smallest absolute Gasteiger partial charge is 0.257 e. The third-order valence-corrected chi connectivity index (χ3v) is 3.32. The summed E-state index contributed by atoms with van der Waals surface area (Å²) in [4.78, 5) is 17.7. The molecule has 0 aliphatic heterocycles. The zero-order valence-electron chi connectivity index (χ0n) is 10.8. The third-order valence-electron chi connectivity index (χ3n) is 2.77. The first kappa shape index (κ1) is 14.6. The Morgan fingerprint density at radius 3 is 2.60 bits per heavy atom. The molecule has 4 nitrogen and oxygen atoms in total. The zero-order chi connectivity index (χ0) is 14.7. The number of hydrogen-bond donors (Lipinski definition) is 1. The van der Waals surface area contributed by atoms with Gasteiger partial charge in [0.25, 0.3) is 5.91 Å². The van der Waals surface area contributed by atoms with E-state index in [2.05, 4.69) is 4.98 Å². The summed E-state index contributed by atoms with van der Waals surface area (Å²) in [6, 6.07) is 8.82. The van der Waals surface area contributed by atoms with Crippen molar-refractivity contribution in [1.82, 2.24) is 9.88 Å². The number of halogens is 2. The first-order valence-electron chi connectivity index (χ1n) is 5.88. The molecule has 1 aromatic heterocycles. The van der Waals surface area contributed by atoms with Crippen LogP contribution in [0.1, 0.15) is 15.9 Å². The van der Waals surface area contributed by atoms with Gasteiger partial charge >= 0.3 is 0 Å². The molecule has 0 aliphatic rings. The number of anilines is 1. The van der Waals surface area contributed by atoms with Crippen LogP contribution in [0.25, 0.3) is 0 Å². The highest BCUT2D eigenvalue weighted by Gasteiger charge is 2.16. The molecule has 0 saturated carbocycles. The van der Waals surface area contributed by atoms with Gasteiger partial charge in [-0.1, -0.05) is 35.3 Å². The van der Waals surface area contributed by atoms with Gasteiger partial charge in [0, 0.05) is 18.6 Å². The van der Waals surface area contributed by atoms with E-state index in [9.17, 15) is 4.79 Å². The van der Waals surface area contributed by atoms with Gasteiger partial charge in [-0.25, -0.2) is 4.98 Å². The van der Waals surface area contributed by atoms with Gasteiger partial charge in [-0.15, -0.1) is 0 Å². The molecule has 20 heavy (non-hydrogen) atoms. The number of pyridine rings is 1. The number of nitrogen functional groups attached to an aromatic ring is 1. The van der Waals surface area contributed by atoms with Gasteiger partial charge in [-0.3, -0.25) is 4.79 Å². The van der Waals surface area contributed by atoms with Crippen LogP contribution in [-0.4, -0.2) is 22.8 Å². The summed E-state index contributed by atoms with van der Waals surface area (Å²) >= 11 is 11.8. The van der Waals surface area contributed by atoms with E-state index in [0.29, 0.717) is 22.8 Å². The lowest BCUT2D eigenvalue weighted by molar-refractivity contribution is 0.0785. The number of amides is 1. The summed E-state index contributed by atoms with van der Waals surface area (Å²) in [7, 11) is 1.69. The minimum Gasteiger partial charge on any atom is -0.397 e. The van der Waals surface area contributed by atoms with Gasteiger partial charge in [0.1, 0.15) is 5.15 Å². The second-order valence-electron chi connectivity index (χ2n) is 4.39. The molecule has 1 heterocycles. The first-order chi connectivity index (χ1) is 9.47. The fraction of sp³-hybridized carbons (Fsp3) is 0.143. The van der Waals surface area contributed by atoms with Crippen molar-refractivity contribution in [3.63, 3.8) is 0 Å². The fourth-order valence-corrected chi connectivity index (χ4v) is 2.07. The summed E-state index contributed by atoms with van der Waals surface area (Å²) in [5.41, 5.74) is 7.29. The molecule has 0 unspecified atom stereocenters. The monoisotopic (exact) mass is 309 g/mol. The van der Waals surface area contributed by atoms with E-state index in [1.54, 1.807) is 24.1 Å². The van der Waals surface area contributed by atoms with E-state index in [1.165, 1.54) is 12.3 Å². The van der Waals surface area contributed by atoms with E-state index in [1.807, 2.05) is 12.1 Å². The molecule has 0 atom stereocenters. The molecular formula is C14H13Cl2N3O. The van der Waals surface area contributed by atoms with Crippen molar-refractivity contribution < 1.29 is 4.79 Å². The summed E-state index contributed by atoms with van der Waals surface area (Å²) < 4.78 is 0. The van der Waals surface area contributed by atoms with Crippen molar-refractivity contribution in [2.75, 3.05) is 12.8 Å². The molecular weight excluding hydrogens is 297 g/mol. The molecule has 0 aliphatic carbocycles. The predicted octanol–water partition coefficient (Wildman–Crippen LogP) is 3.24. The molecule has 0 radical (unpaired) electrons. The summed E-state index contributed by atoms with van der Waals surface area (Å²) in [5.74, 6) is -0.232. The van der Waals surface area contributed by atoms with E-state index >= 15 is 0 Å². The number of carbonyl (C=O) groups is 1. The standard InChI is InChI=1S/C14H13Cl2N3O/c1-19(8-9-2-4-10(15)5-3-9)14(20)12-6-11(17)7-18-13(12)16/h2-7H,8,17H2,1H3. The van der Waals surface area contributed by atoms with Gasteiger partial charge in [0.15, 0.2) is 0 Å². The van der Waals surface area contributed by atoms with E-state index < -0.39 is 0 Å². The van der Waals surface area contributed by atoms with E-state index in [4.69, 9.17) is 28.9 Å². The number of nitrogens with two attached hydrogens (primary N) is 1. The Bertz CT molecular complexity index is 629. The van der Waals surface area contributed by atoms with Crippen molar-refractivity contribution >= 4 is 34.8 Å². The highest BCUT2D eigenvalue weighted by atomic mass is 35.5. The van der Waals surface area contributed by atoms with Crippen molar-refractivity contribution in [3.8, 4) is 0 Å². The van der Waals surface area contributed by atoms with Crippen molar-refractivity contribution in [2.45, 2.75) is 6.54 Å². The quantitative estimate of drug-likeness (QED) is 0.885. The van der Waals surface area contributed by atoms with Gasteiger partial charge in [-0.05, 0) is 23.8 Å². The molecule has 0 spiro atoms. The van der Waals surface area contributed by atoms with Crippen LogP contribution in [0.3, 0.4) is 0 Å². The van der Waals surface area contributed by atoms with Crippen molar-refractivity contribution in [3.05, 3.63) is 57.8 Å². The number of aromatic nitrogens is 1. The fourth-order valence-electron chi connectivity index (χ4n) is 1.76. The lowest BCUT2D eigenvalue weighted by Gasteiger charge is -2.18. The maximum Gasteiger partial charge on any atom is 0.257 e. The van der Waals surface area contributed by atoms with Crippen LogP contribution >= 0.6 is 23.2 Å². The van der Waals surface area contributed by atoms with Gasteiger partial charge in [-0.2, -0.15) is 0 Å². The molecule has 1 amide bonds. The molecule has 104 valence electrons. The lowest BCUT2D eigenvalue weighted by atomic mass is 10.2. The molecule has 2 rings (SSSR count). The molecule has 0 saturated heterocycles. The topological polar surface area (TPSA) is 59.2 Å². The average molecular weight is 310 g/mol. The van der Waals surface area contributed by atoms with Gasteiger partial charge < -0.3 is 10.6 Å². The number of benzene rings is 1. The van der Waals surface area contributed by atoms with E-state index in [0.717, 1.165) is 5.56 Å². The highest BCUT2D eigenvalue weighted by molar-refractivity contribution is 6.32. The minimum absolute atomic E-state index is 0.146. The number of carbonyl (C=O) groups excluding carboxylic acids is 1. The second-order valence-corrected chi connectivity index (χ2v) is 5.19. The van der Waals surface area contributed by atoms with Crippen LogP contribution in [0, 0.1) is 0 Å². The van der Waals surface area contributed by atoms with Gasteiger partial charge in [0.2, 0.25) is 0 Å². The molecule has 1 aromatic carbocycles. The van der Waals surface area contributed by atoms with Crippen molar-refractivity contribution in [1.29, 1.82) is 0 Å². The van der Waals surface area contributed by atoms with E-state index in [-0.39, 0.29) is 11.1 Å². The molecule has 0 fully saturated rings. The third kappa shape index (κ3) is 3.40. The number of rotatable bonds is 3. The Labute approximate surface area is 127 Å². The second kappa shape index (κ2) is 6.11. The van der Waals surface area contributed by atoms with Crippen LogP contribution in [0.15, 0.2) is 36.5 Å². The number of hydrogen-bond acceptors (Lipinski definition) is 3. The van der Waals surface area contributed by atoms with Crippen LogP contribution in [0.4, 0.5) is 5.69 Å². The Morgan fingerprint density at radius 2 is 1.95 bits per heavy atom. The SMILES string of the molecule is CN(Cc1ccc(Cl)cc1)C(=O)c1cc(N)cnc1Cl. The van der Waals surface area contributed by atoms with Crippen molar-refractivity contribution in [2.24, 2.45) is 0 Å². The predicted molar refractivity (Wildman–Crippen MR) is 80.9 cm³/mol. The lowest BCUT2D eigenvalue weighted by Crippen LogP contribution is -2.26. The van der Waals surface area contributed by atoms with Crippen LogP contribution in [0.5, 0.6) is 0 Å². The normalized spacial score (nSPS) is 10.3. The largest absolute Gasteiger partial charge is 0.397 e. The Balaban J connectivity index is 2.16. The van der Waals surface area contributed by atoms with Crippen LogP contribution in [-0.2, 0) is 6.54 Å². The number of nitrogens with zero attached hydrogens (tertiary/aromatic N) is 2. The van der Waals surface area contributed by atoms with Crippen LogP contribution in [0.2, 0.25) is 10.2 Å². The average Bonchev–Trinajstić information content (AvgIpc) is 2.43. The molecule has 6 heteroatoms. The Hall–Kier alpha value is -1.78. The summed E-state index contributed by atoms with van der Waals surface area (Å²) in [5, 5.41) is 0.804. The molecule has 2 N–H and O–H groups in total. The zero-order valence-corrected chi connectivity index (χ0v) is 12.3. The maximum atomic E-state index is 12.3. The highest BCUT2D eigenvalue weighted by Crippen LogP contribution is 2.18. The molecule has 2 aromatic rings. The van der Waals surface area contributed by atoms with Crippen LogP contribution < -0.4 is 5.73 Å². The molecule has 0 bridgehead atoms. The first-order valence-corrected chi connectivity index (χ1v) is 6.64. The summed E-state index contributed by atoms with van der Waals surface area (Å²) in [6.07, 6.45) is 1.41. The Kier molecular flexibility index (Phi) is 4.47. The maximum absolute atomic E-state index is 12.3. The minimum atomic E-state index is -0.232. The van der Waals surface area contributed by atoms with Gasteiger partial charge in [0.05, 0.1) is 17.4 Å².